The van der Waals surface area contributed by atoms with E-state index in [2.05, 4.69) is 36.0 Å². The minimum Gasteiger partial charge on any atom is -0.332 e. The van der Waals surface area contributed by atoms with Crippen LogP contribution in [0, 0.1) is 0 Å². The molecule has 0 saturated carbocycles. The third-order valence-corrected chi connectivity index (χ3v) is 4.68. The van der Waals surface area contributed by atoms with Crippen LogP contribution in [-0.4, -0.2) is 24.7 Å². The first-order chi connectivity index (χ1) is 10.2. The molecule has 0 unspecified atom stereocenters. The smallest absolute Gasteiger partial charge is 0.276 e. The van der Waals surface area contributed by atoms with E-state index >= 15 is 0 Å². The van der Waals surface area contributed by atoms with Crippen molar-refractivity contribution in [2.75, 3.05) is 0 Å². The molecule has 21 heavy (non-hydrogen) atoms. The van der Waals surface area contributed by atoms with Crippen LogP contribution in [0.4, 0.5) is 0 Å². The Hall–Kier alpha value is -2.06. The van der Waals surface area contributed by atoms with Crippen molar-refractivity contribution < 1.29 is 4.52 Å². The number of rotatable bonds is 2. The van der Waals surface area contributed by atoms with Gasteiger partial charge in [0.05, 0.1) is 11.2 Å². The molecule has 0 bridgehead atoms. The summed E-state index contributed by atoms with van der Waals surface area (Å²) in [5, 5.41) is 5.98. The van der Waals surface area contributed by atoms with Crippen LogP contribution < -0.4 is 0 Å². The fraction of sp³-hybridized carbons (Fsp3) is 0.0769. The number of hydrogen-bond donors (Lipinski definition) is 0. The second-order valence-corrected chi connectivity index (χ2v) is 6.27. The highest BCUT2D eigenvalue weighted by atomic mass is 79.9. The molecule has 4 aromatic heterocycles. The number of fused-ring (bicyclic) bond motifs is 1. The van der Waals surface area contributed by atoms with Crippen molar-refractivity contribution in [2.24, 2.45) is 7.05 Å². The van der Waals surface area contributed by atoms with Gasteiger partial charge in [-0.3, -0.25) is 0 Å². The van der Waals surface area contributed by atoms with Crippen LogP contribution >= 0.6 is 27.3 Å². The van der Waals surface area contributed by atoms with Crippen LogP contribution in [0.5, 0.6) is 0 Å². The molecule has 4 heterocycles. The number of imidazole rings is 1. The number of halogens is 1. The fourth-order valence-corrected chi connectivity index (χ4v) is 3.33. The molecule has 0 amide bonds. The van der Waals surface area contributed by atoms with Gasteiger partial charge in [-0.1, -0.05) is 5.16 Å². The Bertz CT molecular complexity index is 941. The summed E-state index contributed by atoms with van der Waals surface area (Å²) in [6, 6.07) is 5.68. The molecule has 0 aliphatic carbocycles. The maximum Gasteiger partial charge on any atom is 0.276 e. The van der Waals surface area contributed by atoms with E-state index in [1.165, 1.54) is 0 Å². The zero-order valence-corrected chi connectivity index (χ0v) is 13.2. The van der Waals surface area contributed by atoms with Gasteiger partial charge in [-0.05, 0) is 34.1 Å². The lowest BCUT2D eigenvalue weighted by Crippen LogP contribution is -1.90. The molecule has 0 radical (unpaired) electrons. The summed E-state index contributed by atoms with van der Waals surface area (Å²) < 4.78 is 8.17. The van der Waals surface area contributed by atoms with Crippen LogP contribution in [-0.2, 0) is 7.05 Å². The summed E-state index contributed by atoms with van der Waals surface area (Å²) in [5.74, 6) is 0.963. The van der Waals surface area contributed by atoms with Crippen LogP contribution in [0.2, 0.25) is 0 Å². The second kappa shape index (κ2) is 4.74. The van der Waals surface area contributed by atoms with Crippen molar-refractivity contribution >= 4 is 38.4 Å². The molecule has 0 aromatic carbocycles. The summed E-state index contributed by atoms with van der Waals surface area (Å²) in [6.07, 6.45) is 1.73. The number of aromatic nitrogens is 5. The van der Waals surface area contributed by atoms with Crippen molar-refractivity contribution in [2.45, 2.75) is 0 Å². The Morgan fingerprint density at radius 3 is 3.00 bits per heavy atom. The van der Waals surface area contributed by atoms with Gasteiger partial charge in [0.1, 0.15) is 11.2 Å². The lowest BCUT2D eigenvalue weighted by Gasteiger charge is -1.95. The number of aryl methyl sites for hydroxylation is 1. The Balaban J connectivity index is 1.78. The van der Waals surface area contributed by atoms with E-state index < -0.39 is 0 Å². The lowest BCUT2D eigenvalue weighted by atomic mass is 10.3. The topological polar surface area (TPSA) is 69.6 Å². The van der Waals surface area contributed by atoms with Gasteiger partial charge < -0.3 is 9.09 Å². The van der Waals surface area contributed by atoms with Gasteiger partial charge in [0.15, 0.2) is 5.65 Å². The van der Waals surface area contributed by atoms with E-state index in [-0.39, 0.29) is 0 Å². The maximum absolute atomic E-state index is 5.32. The average Bonchev–Trinajstić information content (AvgIpc) is 3.19. The monoisotopic (exact) mass is 361 g/mol. The van der Waals surface area contributed by atoms with Crippen LogP contribution in [0.25, 0.3) is 33.5 Å². The summed E-state index contributed by atoms with van der Waals surface area (Å²) in [6.45, 7) is 0. The lowest BCUT2D eigenvalue weighted by molar-refractivity contribution is 0.431. The normalized spacial score (nSPS) is 11.3. The summed E-state index contributed by atoms with van der Waals surface area (Å²) >= 11 is 4.97. The first-order valence-electron chi connectivity index (χ1n) is 6.07. The standard InChI is InChI=1S/C13H8BrN5OS/c1-19-6-15-8-2-3-9(16-12(8)19)13-17-11(18-20-13)10-4-7(14)5-21-10/h2-6H,1H3. The molecule has 0 aliphatic rings. The van der Waals surface area contributed by atoms with E-state index in [1.807, 2.05) is 35.2 Å². The highest BCUT2D eigenvalue weighted by Crippen LogP contribution is 2.29. The Kier molecular flexibility index (Phi) is 2.86. The van der Waals surface area contributed by atoms with Crippen molar-refractivity contribution in [3.8, 4) is 22.3 Å². The van der Waals surface area contributed by atoms with E-state index in [0.29, 0.717) is 17.4 Å². The van der Waals surface area contributed by atoms with E-state index in [0.717, 1.165) is 20.5 Å². The van der Waals surface area contributed by atoms with Gasteiger partial charge in [-0.25, -0.2) is 9.97 Å². The summed E-state index contributed by atoms with van der Waals surface area (Å²) in [7, 11) is 1.90. The third-order valence-electron chi connectivity index (χ3n) is 2.99. The first-order valence-corrected chi connectivity index (χ1v) is 7.74. The maximum atomic E-state index is 5.32. The van der Waals surface area contributed by atoms with E-state index in [9.17, 15) is 0 Å². The van der Waals surface area contributed by atoms with Gasteiger partial charge in [0, 0.05) is 16.9 Å². The quantitative estimate of drug-likeness (QED) is 0.546. The Labute approximate surface area is 131 Å². The molecular formula is C13H8BrN5OS. The zero-order valence-electron chi connectivity index (χ0n) is 10.8. The molecule has 4 rings (SSSR count). The number of pyridine rings is 1. The number of thiophene rings is 1. The van der Waals surface area contributed by atoms with Crippen LogP contribution in [0.15, 0.2) is 38.9 Å². The predicted molar refractivity (Wildman–Crippen MR) is 82.8 cm³/mol. The SMILES string of the molecule is Cn1cnc2ccc(-c3nc(-c4cc(Br)cs4)no3)nc21. The molecule has 4 aromatic rings. The van der Waals surface area contributed by atoms with E-state index in [4.69, 9.17) is 4.52 Å². The Morgan fingerprint density at radius 1 is 1.29 bits per heavy atom. The molecule has 0 atom stereocenters. The highest BCUT2D eigenvalue weighted by Gasteiger charge is 2.14. The molecule has 6 nitrogen and oxygen atoms in total. The molecule has 0 aliphatic heterocycles. The number of hydrogen-bond acceptors (Lipinski definition) is 6. The molecular weight excluding hydrogens is 354 g/mol. The van der Waals surface area contributed by atoms with E-state index in [1.54, 1.807) is 17.7 Å². The average molecular weight is 362 g/mol. The van der Waals surface area contributed by atoms with Gasteiger partial charge in [0.25, 0.3) is 5.89 Å². The summed E-state index contributed by atoms with van der Waals surface area (Å²) in [5.41, 5.74) is 2.26. The first kappa shape index (κ1) is 12.7. The number of nitrogens with zero attached hydrogens (tertiary/aromatic N) is 5. The zero-order chi connectivity index (χ0) is 14.4. The van der Waals surface area contributed by atoms with Gasteiger partial charge in [-0.15, -0.1) is 11.3 Å². The minimum atomic E-state index is 0.401. The molecule has 0 N–H and O–H groups in total. The van der Waals surface area contributed by atoms with Crippen LogP contribution in [0.1, 0.15) is 0 Å². The van der Waals surface area contributed by atoms with Crippen molar-refractivity contribution in [1.29, 1.82) is 0 Å². The van der Waals surface area contributed by atoms with Crippen LogP contribution in [0.3, 0.4) is 0 Å². The van der Waals surface area contributed by atoms with Crippen molar-refractivity contribution in [3.05, 3.63) is 34.4 Å². The highest BCUT2D eigenvalue weighted by molar-refractivity contribution is 9.10. The minimum absolute atomic E-state index is 0.401. The fourth-order valence-electron chi connectivity index (χ4n) is 1.98. The Morgan fingerprint density at radius 2 is 2.19 bits per heavy atom. The van der Waals surface area contributed by atoms with Gasteiger partial charge >= 0.3 is 0 Å². The molecule has 8 heteroatoms. The summed E-state index contributed by atoms with van der Waals surface area (Å²) in [4.78, 5) is 14.1. The molecule has 0 fully saturated rings. The second-order valence-electron chi connectivity index (χ2n) is 4.45. The molecule has 0 spiro atoms. The predicted octanol–water partition coefficient (Wildman–Crippen LogP) is 3.51. The van der Waals surface area contributed by atoms with Crippen molar-refractivity contribution in [1.82, 2.24) is 24.7 Å². The third kappa shape index (κ3) is 2.16. The van der Waals surface area contributed by atoms with Gasteiger partial charge in [-0.2, -0.15) is 4.98 Å². The molecule has 104 valence electrons. The van der Waals surface area contributed by atoms with Gasteiger partial charge in [0.2, 0.25) is 5.82 Å². The molecule has 0 saturated heterocycles. The van der Waals surface area contributed by atoms with Crippen molar-refractivity contribution in [3.63, 3.8) is 0 Å². The largest absolute Gasteiger partial charge is 0.332 e.